The van der Waals surface area contributed by atoms with E-state index in [0.717, 1.165) is 0 Å². The molecule has 6 heteroatoms. The quantitative estimate of drug-likeness (QED) is 0.624. The molecule has 3 nitrogen and oxygen atoms in total. The molecular weight excluding hydrogens is 264 g/mol. The third-order valence-corrected chi connectivity index (χ3v) is 2.59. The second-order valence-corrected chi connectivity index (χ2v) is 3.59. The van der Waals surface area contributed by atoms with Crippen molar-refractivity contribution in [3.8, 4) is 6.07 Å². The molecule has 0 saturated carbocycles. The number of carbonyl (C=O) groups excluding carboxylic acids is 1. The summed E-state index contributed by atoms with van der Waals surface area (Å²) in [5.74, 6) is -0.950. The summed E-state index contributed by atoms with van der Waals surface area (Å²) in [7, 11) is 0. The molecule has 0 radical (unpaired) electrons. The highest BCUT2D eigenvalue weighted by molar-refractivity contribution is 6.17. The first-order valence-electron chi connectivity index (χ1n) is 5.13. The zero-order valence-electron chi connectivity index (χ0n) is 9.54. The molecule has 0 aliphatic rings. The van der Waals surface area contributed by atoms with Crippen LogP contribution in [-0.2, 0) is 10.6 Å². The van der Waals surface area contributed by atoms with Crippen LogP contribution in [0.15, 0.2) is 12.1 Å². The van der Waals surface area contributed by atoms with Gasteiger partial charge in [0.15, 0.2) is 0 Å². The number of benzene rings is 1. The molecule has 1 aromatic carbocycles. The number of esters is 1. The number of carbonyl (C=O) groups is 1. The minimum Gasteiger partial charge on any atom is -0.462 e. The molecule has 0 aromatic heterocycles. The van der Waals surface area contributed by atoms with Crippen molar-refractivity contribution in [3.63, 3.8) is 0 Å². The van der Waals surface area contributed by atoms with Crippen LogP contribution in [0, 0.1) is 11.3 Å². The molecule has 0 bridgehead atoms. The Bertz CT molecular complexity index is 498. The summed E-state index contributed by atoms with van der Waals surface area (Å²) in [4.78, 5) is 11.5. The van der Waals surface area contributed by atoms with E-state index < -0.39 is 18.0 Å². The van der Waals surface area contributed by atoms with Gasteiger partial charge in [0.2, 0.25) is 0 Å². The molecule has 0 atom stereocenters. The zero-order chi connectivity index (χ0) is 13.7. The van der Waals surface area contributed by atoms with E-state index in [4.69, 9.17) is 21.6 Å². The standard InChI is InChI=1S/C12H10ClF2NO2/c1-2-18-12(17)8-4-3-7(5-13)10(11(14)15)9(8)6-16/h3-4,11H,2,5H2,1H3. The summed E-state index contributed by atoms with van der Waals surface area (Å²) in [6.07, 6.45) is -2.87. The lowest BCUT2D eigenvalue weighted by atomic mass is 9.97. The number of nitriles is 1. The van der Waals surface area contributed by atoms with Gasteiger partial charge >= 0.3 is 5.97 Å². The molecule has 0 amide bonds. The highest BCUT2D eigenvalue weighted by Crippen LogP contribution is 2.30. The van der Waals surface area contributed by atoms with Crippen LogP contribution in [0.5, 0.6) is 0 Å². The van der Waals surface area contributed by atoms with Gasteiger partial charge < -0.3 is 4.74 Å². The Hall–Kier alpha value is -1.67. The van der Waals surface area contributed by atoms with Gasteiger partial charge in [0.25, 0.3) is 6.43 Å². The molecule has 0 N–H and O–H groups in total. The van der Waals surface area contributed by atoms with Crippen LogP contribution in [-0.4, -0.2) is 12.6 Å². The van der Waals surface area contributed by atoms with E-state index in [2.05, 4.69) is 0 Å². The summed E-state index contributed by atoms with van der Waals surface area (Å²) >= 11 is 5.54. The van der Waals surface area contributed by atoms with Crippen molar-refractivity contribution in [2.75, 3.05) is 6.61 Å². The van der Waals surface area contributed by atoms with Crippen LogP contribution in [0.25, 0.3) is 0 Å². The van der Waals surface area contributed by atoms with Gasteiger partial charge in [-0.3, -0.25) is 0 Å². The van der Waals surface area contributed by atoms with Crippen LogP contribution in [0.2, 0.25) is 0 Å². The van der Waals surface area contributed by atoms with Crippen molar-refractivity contribution in [1.82, 2.24) is 0 Å². The summed E-state index contributed by atoms with van der Waals surface area (Å²) in [5, 5.41) is 8.95. The molecule has 96 valence electrons. The summed E-state index contributed by atoms with van der Waals surface area (Å²) in [6.45, 7) is 1.69. The van der Waals surface area contributed by atoms with E-state index in [1.54, 1.807) is 13.0 Å². The van der Waals surface area contributed by atoms with Gasteiger partial charge in [0.05, 0.1) is 17.7 Å². The number of ether oxygens (including phenoxy) is 1. The first-order valence-corrected chi connectivity index (χ1v) is 5.67. The molecule has 1 aromatic rings. The van der Waals surface area contributed by atoms with E-state index in [0.29, 0.717) is 0 Å². The number of hydrogen-bond acceptors (Lipinski definition) is 3. The van der Waals surface area contributed by atoms with Gasteiger partial charge in [0, 0.05) is 11.4 Å². The number of rotatable bonds is 4. The number of halogens is 3. The second kappa shape index (κ2) is 6.31. The maximum Gasteiger partial charge on any atom is 0.339 e. The Balaban J connectivity index is 3.44. The highest BCUT2D eigenvalue weighted by Gasteiger charge is 2.24. The zero-order valence-corrected chi connectivity index (χ0v) is 10.3. The first-order chi connectivity index (χ1) is 8.56. The van der Waals surface area contributed by atoms with E-state index in [-0.39, 0.29) is 29.2 Å². The van der Waals surface area contributed by atoms with Crippen molar-refractivity contribution < 1.29 is 18.3 Å². The van der Waals surface area contributed by atoms with E-state index in [1.807, 2.05) is 0 Å². The molecule has 0 heterocycles. The van der Waals surface area contributed by atoms with Crippen molar-refractivity contribution in [2.45, 2.75) is 19.2 Å². The smallest absolute Gasteiger partial charge is 0.339 e. The number of alkyl halides is 3. The molecule has 0 saturated heterocycles. The van der Waals surface area contributed by atoms with Crippen LogP contribution < -0.4 is 0 Å². The molecule has 18 heavy (non-hydrogen) atoms. The Morgan fingerprint density at radius 1 is 1.56 bits per heavy atom. The summed E-state index contributed by atoms with van der Waals surface area (Å²) < 4.78 is 30.6. The van der Waals surface area contributed by atoms with Crippen molar-refractivity contribution in [3.05, 3.63) is 34.4 Å². The highest BCUT2D eigenvalue weighted by atomic mass is 35.5. The maximum atomic E-state index is 12.9. The maximum absolute atomic E-state index is 12.9. The Morgan fingerprint density at radius 3 is 2.67 bits per heavy atom. The molecule has 0 spiro atoms. The van der Waals surface area contributed by atoms with Gasteiger partial charge in [-0.15, -0.1) is 11.6 Å². The SMILES string of the molecule is CCOC(=O)c1ccc(CCl)c(C(F)F)c1C#N. The van der Waals surface area contributed by atoms with Crippen molar-refractivity contribution >= 4 is 17.6 Å². The van der Waals surface area contributed by atoms with Crippen LogP contribution in [0.3, 0.4) is 0 Å². The third-order valence-electron chi connectivity index (χ3n) is 2.31. The van der Waals surface area contributed by atoms with Crippen LogP contribution in [0.1, 0.15) is 40.4 Å². The van der Waals surface area contributed by atoms with Crippen molar-refractivity contribution in [1.29, 1.82) is 5.26 Å². The lowest BCUT2D eigenvalue weighted by Crippen LogP contribution is -2.10. The summed E-state index contributed by atoms with van der Waals surface area (Å²) in [6, 6.07) is 4.21. The van der Waals surface area contributed by atoms with E-state index in [9.17, 15) is 13.6 Å². The fourth-order valence-corrected chi connectivity index (χ4v) is 1.76. The van der Waals surface area contributed by atoms with E-state index in [1.165, 1.54) is 12.1 Å². The molecule has 0 aliphatic carbocycles. The molecule has 1 rings (SSSR count). The molecule has 0 aliphatic heterocycles. The molecule has 0 fully saturated rings. The predicted molar refractivity (Wildman–Crippen MR) is 61.6 cm³/mol. The Morgan fingerprint density at radius 2 is 2.22 bits per heavy atom. The van der Waals surface area contributed by atoms with Gasteiger partial charge in [0.1, 0.15) is 6.07 Å². The monoisotopic (exact) mass is 273 g/mol. The topological polar surface area (TPSA) is 50.1 Å². The van der Waals surface area contributed by atoms with Crippen LogP contribution in [0.4, 0.5) is 8.78 Å². The average Bonchev–Trinajstić information content (AvgIpc) is 2.36. The predicted octanol–water partition coefficient (Wildman–Crippen LogP) is 3.41. The lowest BCUT2D eigenvalue weighted by molar-refractivity contribution is 0.0525. The average molecular weight is 274 g/mol. The normalized spacial score (nSPS) is 10.2. The largest absolute Gasteiger partial charge is 0.462 e. The number of nitrogens with zero attached hydrogens (tertiary/aromatic N) is 1. The Labute approximate surface area is 108 Å². The van der Waals surface area contributed by atoms with Gasteiger partial charge in [-0.05, 0) is 18.6 Å². The van der Waals surface area contributed by atoms with Crippen LogP contribution >= 0.6 is 11.6 Å². The molecular formula is C12H10ClF2NO2. The summed E-state index contributed by atoms with van der Waals surface area (Å²) in [5.41, 5.74) is -0.903. The second-order valence-electron chi connectivity index (χ2n) is 3.33. The minimum absolute atomic E-state index is 0.102. The van der Waals surface area contributed by atoms with Gasteiger partial charge in [-0.1, -0.05) is 6.07 Å². The first kappa shape index (κ1) is 14.4. The third kappa shape index (κ3) is 2.77. The van der Waals surface area contributed by atoms with E-state index >= 15 is 0 Å². The number of hydrogen-bond donors (Lipinski definition) is 0. The minimum atomic E-state index is -2.87. The van der Waals surface area contributed by atoms with Gasteiger partial charge in [-0.2, -0.15) is 5.26 Å². The molecule has 0 unspecified atom stereocenters. The fourth-order valence-electron chi connectivity index (χ4n) is 1.53. The van der Waals surface area contributed by atoms with Crippen molar-refractivity contribution in [2.24, 2.45) is 0 Å². The van der Waals surface area contributed by atoms with Gasteiger partial charge in [-0.25, -0.2) is 13.6 Å². The fraction of sp³-hybridized carbons (Fsp3) is 0.333. The lowest BCUT2D eigenvalue weighted by Gasteiger charge is -2.12. The Kier molecular flexibility index (Phi) is 5.05.